The first-order valence-electron chi connectivity index (χ1n) is 7.03. The molecule has 3 heteroatoms. The number of rotatable bonds is 4. The van der Waals surface area contributed by atoms with E-state index in [4.69, 9.17) is 4.98 Å². The second kappa shape index (κ2) is 5.67. The summed E-state index contributed by atoms with van der Waals surface area (Å²) in [6, 6.07) is 0.452. The van der Waals surface area contributed by atoms with Crippen molar-refractivity contribution in [3.63, 3.8) is 0 Å². The molecule has 3 nitrogen and oxygen atoms in total. The molecule has 0 radical (unpaired) electrons. The Morgan fingerprint density at radius 1 is 1.53 bits per heavy atom. The van der Waals surface area contributed by atoms with Crippen molar-refractivity contribution in [2.45, 2.75) is 59.0 Å². The molecule has 1 aromatic rings. The van der Waals surface area contributed by atoms with Gasteiger partial charge in [-0.15, -0.1) is 0 Å². The number of aromatic nitrogens is 2. The van der Waals surface area contributed by atoms with Crippen LogP contribution < -0.4 is 5.32 Å². The molecule has 96 valence electrons. The van der Waals surface area contributed by atoms with Crippen LogP contribution >= 0.6 is 0 Å². The minimum atomic E-state index is 0.452. The Balaban J connectivity index is 2.19. The molecule has 2 atom stereocenters. The van der Waals surface area contributed by atoms with E-state index in [0.717, 1.165) is 25.4 Å². The van der Waals surface area contributed by atoms with E-state index in [1.165, 1.54) is 30.8 Å². The summed E-state index contributed by atoms with van der Waals surface area (Å²) in [4.78, 5) is 4.80. The van der Waals surface area contributed by atoms with Crippen LogP contribution in [0, 0.1) is 5.92 Å². The highest BCUT2D eigenvalue weighted by Crippen LogP contribution is 2.24. The van der Waals surface area contributed by atoms with E-state index in [1.807, 2.05) is 0 Å². The average molecular weight is 235 g/mol. The van der Waals surface area contributed by atoms with Gasteiger partial charge in [0.1, 0.15) is 5.82 Å². The third kappa shape index (κ3) is 2.89. The molecule has 0 bridgehead atoms. The second-order valence-corrected chi connectivity index (χ2v) is 5.25. The van der Waals surface area contributed by atoms with E-state index in [-0.39, 0.29) is 0 Å². The van der Waals surface area contributed by atoms with Gasteiger partial charge in [-0.1, -0.05) is 27.2 Å². The molecular formula is C14H25N3. The molecule has 2 heterocycles. The summed E-state index contributed by atoms with van der Waals surface area (Å²) in [5, 5.41) is 3.66. The maximum atomic E-state index is 4.80. The molecule has 0 aliphatic carbocycles. The van der Waals surface area contributed by atoms with Gasteiger partial charge >= 0.3 is 0 Å². The van der Waals surface area contributed by atoms with Gasteiger partial charge in [-0.05, 0) is 31.7 Å². The molecule has 0 fully saturated rings. The standard InChI is InChI=1S/C14H25N3/c1-4-11(3)9-13-14-16-12(5-2)10-17(14)8-6-7-15-13/h10-11,13,15H,4-9H2,1-3H3. The van der Waals surface area contributed by atoms with Crippen LogP contribution in [-0.4, -0.2) is 16.1 Å². The van der Waals surface area contributed by atoms with Crippen molar-refractivity contribution in [1.29, 1.82) is 0 Å². The van der Waals surface area contributed by atoms with Crippen LogP contribution in [0.1, 0.15) is 57.6 Å². The number of nitrogens with one attached hydrogen (secondary N) is 1. The lowest BCUT2D eigenvalue weighted by molar-refractivity contribution is 0.397. The Hall–Kier alpha value is -0.830. The van der Waals surface area contributed by atoms with Crippen molar-refractivity contribution in [2.75, 3.05) is 6.54 Å². The summed E-state index contributed by atoms with van der Waals surface area (Å²) in [6.07, 6.45) is 6.95. The van der Waals surface area contributed by atoms with Crippen LogP contribution in [0.25, 0.3) is 0 Å². The lowest BCUT2D eigenvalue weighted by atomic mass is 9.99. The van der Waals surface area contributed by atoms with Crippen molar-refractivity contribution in [1.82, 2.24) is 14.9 Å². The Morgan fingerprint density at radius 3 is 3.06 bits per heavy atom. The smallest absolute Gasteiger partial charge is 0.126 e. The van der Waals surface area contributed by atoms with Crippen LogP contribution in [0.2, 0.25) is 0 Å². The summed E-state index contributed by atoms with van der Waals surface area (Å²) in [5.74, 6) is 2.03. The zero-order chi connectivity index (χ0) is 12.3. The topological polar surface area (TPSA) is 29.9 Å². The predicted octanol–water partition coefficient (Wildman–Crippen LogP) is 2.92. The fraction of sp³-hybridized carbons (Fsp3) is 0.786. The van der Waals surface area contributed by atoms with Crippen LogP contribution in [-0.2, 0) is 13.0 Å². The van der Waals surface area contributed by atoms with Gasteiger partial charge in [-0.3, -0.25) is 0 Å². The SMILES string of the molecule is CCc1cn2c(n1)C(CC(C)CC)NCCC2. The quantitative estimate of drug-likeness (QED) is 0.869. The zero-order valence-electron chi connectivity index (χ0n) is 11.4. The molecule has 0 amide bonds. The number of nitrogens with zero attached hydrogens (tertiary/aromatic N) is 2. The van der Waals surface area contributed by atoms with Gasteiger partial charge in [0.25, 0.3) is 0 Å². The monoisotopic (exact) mass is 235 g/mol. The van der Waals surface area contributed by atoms with Crippen LogP contribution in [0.4, 0.5) is 0 Å². The van der Waals surface area contributed by atoms with Gasteiger partial charge in [0, 0.05) is 12.7 Å². The molecule has 0 saturated heterocycles. The maximum Gasteiger partial charge on any atom is 0.126 e. The molecule has 1 aliphatic heterocycles. The van der Waals surface area contributed by atoms with E-state index >= 15 is 0 Å². The molecule has 0 saturated carbocycles. The van der Waals surface area contributed by atoms with E-state index < -0.39 is 0 Å². The van der Waals surface area contributed by atoms with Gasteiger partial charge in [0.15, 0.2) is 0 Å². The van der Waals surface area contributed by atoms with Crippen molar-refractivity contribution >= 4 is 0 Å². The number of fused-ring (bicyclic) bond motifs is 1. The molecule has 1 aromatic heterocycles. The Morgan fingerprint density at radius 2 is 2.35 bits per heavy atom. The van der Waals surface area contributed by atoms with Crippen LogP contribution in [0.3, 0.4) is 0 Å². The second-order valence-electron chi connectivity index (χ2n) is 5.25. The van der Waals surface area contributed by atoms with Gasteiger partial charge in [0.2, 0.25) is 0 Å². The van der Waals surface area contributed by atoms with Crippen molar-refractivity contribution in [2.24, 2.45) is 5.92 Å². The zero-order valence-corrected chi connectivity index (χ0v) is 11.4. The highest BCUT2D eigenvalue weighted by molar-refractivity contribution is 5.09. The minimum Gasteiger partial charge on any atom is -0.333 e. The summed E-state index contributed by atoms with van der Waals surface area (Å²) in [5.41, 5.74) is 1.23. The maximum absolute atomic E-state index is 4.80. The summed E-state index contributed by atoms with van der Waals surface area (Å²) >= 11 is 0. The van der Waals surface area contributed by atoms with Gasteiger partial charge in [0.05, 0.1) is 11.7 Å². The van der Waals surface area contributed by atoms with Crippen LogP contribution in [0.15, 0.2) is 6.20 Å². The first kappa shape index (κ1) is 12.6. The minimum absolute atomic E-state index is 0.452. The molecule has 0 spiro atoms. The Kier molecular flexibility index (Phi) is 4.21. The first-order valence-corrected chi connectivity index (χ1v) is 7.03. The normalized spacial score (nSPS) is 21.9. The van der Waals surface area contributed by atoms with Crippen molar-refractivity contribution < 1.29 is 0 Å². The lowest BCUT2D eigenvalue weighted by Gasteiger charge is -2.19. The number of hydrogen-bond acceptors (Lipinski definition) is 2. The Labute approximate surface area is 105 Å². The van der Waals surface area contributed by atoms with E-state index in [2.05, 4.69) is 36.9 Å². The summed E-state index contributed by atoms with van der Waals surface area (Å²) in [6.45, 7) is 9.02. The molecular weight excluding hydrogens is 210 g/mol. The van der Waals surface area contributed by atoms with Crippen LogP contribution in [0.5, 0.6) is 0 Å². The fourth-order valence-corrected chi connectivity index (χ4v) is 2.49. The number of aryl methyl sites for hydroxylation is 2. The summed E-state index contributed by atoms with van der Waals surface area (Å²) < 4.78 is 2.37. The average Bonchev–Trinajstić information content (AvgIpc) is 2.68. The molecule has 1 aliphatic rings. The highest BCUT2D eigenvalue weighted by Gasteiger charge is 2.22. The molecule has 2 unspecified atom stereocenters. The van der Waals surface area contributed by atoms with Crippen molar-refractivity contribution in [3.8, 4) is 0 Å². The molecule has 0 aromatic carbocycles. The number of imidazole rings is 1. The van der Waals surface area contributed by atoms with Crippen molar-refractivity contribution in [3.05, 3.63) is 17.7 Å². The molecule has 2 rings (SSSR count). The van der Waals surface area contributed by atoms with Gasteiger partial charge in [-0.25, -0.2) is 4.98 Å². The molecule has 1 N–H and O–H groups in total. The molecule has 17 heavy (non-hydrogen) atoms. The largest absolute Gasteiger partial charge is 0.333 e. The van der Waals surface area contributed by atoms with E-state index in [1.54, 1.807) is 0 Å². The summed E-state index contributed by atoms with van der Waals surface area (Å²) in [7, 11) is 0. The van der Waals surface area contributed by atoms with E-state index in [9.17, 15) is 0 Å². The number of hydrogen-bond donors (Lipinski definition) is 1. The third-order valence-corrected chi connectivity index (χ3v) is 3.83. The first-order chi connectivity index (χ1) is 8.24. The van der Waals surface area contributed by atoms with Gasteiger partial charge in [-0.2, -0.15) is 0 Å². The fourth-order valence-electron chi connectivity index (χ4n) is 2.49. The van der Waals surface area contributed by atoms with E-state index in [0.29, 0.717) is 6.04 Å². The van der Waals surface area contributed by atoms with Gasteiger partial charge < -0.3 is 9.88 Å². The highest BCUT2D eigenvalue weighted by atomic mass is 15.1. The predicted molar refractivity (Wildman–Crippen MR) is 71.0 cm³/mol. The third-order valence-electron chi connectivity index (χ3n) is 3.83. The lowest BCUT2D eigenvalue weighted by Crippen LogP contribution is -2.24. The Bertz CT molecular complexity index is 356.